The molecular formula is C10H23NSi. The van der Waals surface area contributed by atoms with E-state index in [0.717, 1.165) is 0 Å². The standard InChI is InChI=1S/C10H23NSi/c1-3-7-11(8-4-2)12-9-5-6-10-12/h12H,3-10H2,1-2H3. The van der Waals surface area contributed by atoms with Gasteiger partial charge in [0.05, 0.1) is 0 Å². The lowest BCUT2D eigenvalue weighted by Gasteiger charge is -2.26. The Morgan fingerprint density at radius 3 is 1.92 bits per heavy atom. The molecule has 0 aromatic rings. The van der Waals surface area contributed by atoms with Gasteiger partial charge in [0.25, 0.3) is 0 Å². The molecule has 0 spiro atoms. The number of nitrogens with zero attached hydrogens (tertiary/aromatic N) is 1. The first kappa shape index (κ1) is 10.3. The van der Waals surface area contributed by atoms with E-state index in [1.807, 2.05) is 0 Å². The molecule has 0 unspecified atom stereocenters. The molecule has 12 heavy (non-hydrogen) atoms. The second-order valence-corrected chi connectivity index (χ2v) is 7.17. The molecule has 72 valence electrons. The Hall–Kier alpha value is 0.177. The van der Waals surface area contributed by atoms with E-state index in [-0.39, 0.29) is 0 Å². The van der Waals surface area contributed by atoms with Crippen molar-refractivity contribution in [2.24, 2.45) is 0 Å². The van der Waals surface area contributed by atoms with Gasteiger partial charge in [-0.2, -0.15) is 0 Å². The van der Waals surface area contributed by atoms with Crippen LogP contribution in [0.15, 0.2) is 0 Å². The van der Waals surface area contributed by atoms with Gasteiger partial charge >= 0.3 is 0 Å². The van der Waals surface area contributed by atoms with Gasteiger partial charge in [-0.3, -0.25) is 0 Å². The van der Waals surface area contributed by atoms with Crippen LogP contribution in [0, 0.1) is 0 Å². The maximum Gasteiger partial charge on any atom is 0.111 e. The molecule has 1 rings (SSSR count). The van der Waals surface area contributed by atoms with Crippen LogP contribution < -0.4 is 0 Å². The van der Waals surface area contributed by atoms with Crippen molar-refractivity contribution in [1.29, 1.82) is 0 Å². The summed E-state index contributed by atoms with van der Waals surface area (Å²) in [6, 6.07) is 3.19. The third-order valence-corrected chi connectivity index (χ3v) is 6.56. The van der Waals surface area contributed by atoms with E-state index in [1.54, 1.807) is 12.1 Å². The van der Waals surface area contributed by atoms with Gasteiger partial charge in [-0.15, -0.1) is 0 Å². The van der Waals surface area contributed by atoms with Gasteiger partial charge in [-0.25, -0.2) is 0 Å². The second kappa shape index (κ2) is 5.76. The number of hydrogen-bond donors (Lipinski definition) is 0. The summed E-state index contributed by atoms with van der Waals surface area (Å²) in [6.45, 7) is 7.38. The zero-order valence-electron chi connectivity index (χ0n) is 8.68. The van der Waals surface area contributed by atoms with Crippen molar-refractivity contribution in [2.45, 2.75) is 51.6 Å². The Bertz CT molecular complexity index is 104. The minimum atomic E-state index is -0.398. The fraction of sp³-hybridized carbons (Fsp3) is 1.00. The molecule has 0 amide bonds. The molecule has 0 aliphatic carbocycles. The minimum Gasteiger partial charge on any atom is -0.326 e. The van der Waals surface area contributed by atoms with E-state index in [1.165, 1.54) is 38.8 Å². The van der Waals surface area contributed by atoms with Crippen molar-refractivity contribution >= 4 is 8.96 Å². The molecule has 2 heteroatoms. The predicted molar refractivity (Wildman–Crippen MR) is 58.2 cm³/mol. The monoisotopic (exact) mass is 185 g/mol. The van der Waals surface area contributed by atoms with Crippen LogP contribution in [0.3, 0.4) is 0 Å². The Kier molecular flexibility index (Phi) is 4.92. The highest BCUT2D eigenvalue weighted by Gasteiger charge is 2.22. The van der Waals surface area contributed by atoms with E-state index in [2.05, 4.69) is 18.4 Å². The van der Waals surface area contributed by atoms with Crippen molar-refractivity contribution in [1.82, 2.24) is 4.57 Å². The first-order chi connectivity index (χ1) is 5.88. The van der Waals surface area contributed by atoms with E-state index in [0.29, 0.717) is 0 Å². The highest BCUT2D eigenvalue weighted by molar-refractivity contribution is 6.56. The van der Waals surface area contributed by atoms with E-state index < -0.39 is 8.96 Å². The van der Waals surface area contributed by atoms with Gasteiger partial charge in [0.2, 0.25) is 0 Å². The highest BCUT2D eigenvalue weighted by atomic mass is 28.3. The quantitative estimate of drug-likeness (QED) is 0.595. The van der Waals surface area contributed by atoms with Crippen LogP contribution in [0.2, 0.25) is 12.1 Å². The molecule has 0 bridgehead atoms. The van der Waals surface area contributed by atoms with Gasteiger partial charge in [0.1, 0.15) is 8.96 Å². The molecule has 1 heterocycles. The average Bonchev–Trinajstić information content (AvgIpc) is 2.56. The maximum atomic E-state index is 2.84. The fourth-order valence-electron chi connectivity index (χ4n) is 2.32. The molecule has 1 aliphatic rings. The van der Waals surface area contributed by atoms with Crippen LogP contribution in [-0.2, 0) is 0 Å². The fourth-order valence-corrected chi connectivity index (χ4v) is 6.11. The van der Waals surface area contributed by atoms with Crippen molar-refractivity contribution in [3.63, 3.8) is 0 Å². The minimum absolute atomic E-state index is 0.398. The average molecular weight is 185 g/mol. The van der Waals surface area contributed by atoms with E-state index in [9.17, 15) is 0 Å². The van der Waals surface area contributed by atoms with Crippen molar-refractivity contribution in [3.05, 3.63) is 0 Å². The van der Waals surface area contributed by atoms with Crippen LogP contribution in [0.25, 0.3) is 0 Å². The SMILES string of the molecule is CCCN(CCC)[SiH]1CCCC1. The van der Waals surface area contributed by atoms with Gasteiger partial charge < -0.3 is 4.57 Å². The number of rotatable bonds is 5. The summed E-state index contributed by atoms with van der Waals surface area (Å²) in [5.41, 5.74) is 0. The smallest absolute Gasteiger partial charge is 0.111 e. The lowest BCUT2D eigenvalue weighted by molar-refractivity contribution is 0.429. The van der Waals surface area contributed by atoms with Crippen molar-refractivity contribution < 1.29 is 0 Å². The molecule has 1 nitrogen and oxygen atoms in total. The lowest BCUT2D eigenvalue weighted by atomic mass is 10.4. The zero-order valence-corrected chi connectivity index (χ0v) is 9.84. The normalized spacial score (nSPS) is 19.2. The van der Waals surface area contributed by atoms with Gasteiger partial charge in [-0.05, 0) is 38.0 Å². The maximum absolute atomic E-state index is 2.84. The van der Waals surface area contributed by atoms with E-state index in [4.69, 9.17) is 0 Å². The van der Waals surface area contributed by atoms with Crippen LogP contribution in [0.5, 0.6) is 0 Å². The van der Waals surface area contributed by atoms with Crippen LogP contribution in [-0.4, -0.2) is 26.6 Å². The lowest BCUT2D eigenvalue weighted by Crippen LogP contribution is -2.38. The van der Waals surface area contributed by atoms with E-state index >= 15 is 0 Å². The second-order valence-electron chi connectivity index (χ2n) is 3.97. The zero-order chi connectivity index (χ0) is 8.81. The third kappa shape index (κ3) is 2.90. The predicted octanol–water partition coefficient (Wildman–Crippen LogP) is 2.63. The molecule has 0 radical (unpaired) electrons. The summed E-state index contributed by atoms with van der Waals surface area (Å²) < 4.78 is 2.84. The van der Waals surface area contributed by atoms with Gasteiger partial charge in [0.15, 0.2) is 0 Å². The molecule has 0 N–H and O–H groups in total. The highest BCUT2D eigenvalue weighted by Crippen LogP contribution is 2.22. The summed E-state index contributed by atoms with van der Waals surface area (Å²) in [7, 11) is -0.398. The van der Waals surface area contributed by atoms with Crippen LogP contribution in [0.1, 0.15) is 39.5 Å². The number of hydrogen-bond acceptors (Lipinski definition) is 1. The third-order valence-electron chi connectivity index (χ3n) is 2.86. The van der Waals surface area contributed by atoms with Crippen molar-refractivity contribution in [3.8, 4) is 0 Å². The largest absolute Gasteiger partial charge is 0.326 e. The Morgan fingerprint density at radius 2 is 1.50 bits per heavy atom. The molecule has 1 aliphatic heterocycles. The van der Waals surface area contributed by atoms with Crippen LogP contribution >= 0.6 is 0 Å². The molecule has 0 aromatic heterocycles. The molecular weight excluding hydrogens is 162 g/mol. The van der Waals surface area contributed by atoms with Crippen LogP contribution in [0.4, 0.5) is 0 Å². The molecule has 0 saturated carbocycles. The summed E-state index contributed by atoms with van der Waals surface area (Å²) in [6.07, 6.45) is 5.76. The molecule has 1 fully saturated rings. The summed E-state index contributed by atoms with van der Waals surface area (Å²) in [5.74, 6) is 0. The summed E-state index contributed by atoms with van der Waals surface area (Å²) >= 11 is 0. The van der Waals surface area contributed by atoms with Gasteiger partial charge in [-0.1, -0.05) is 26.7 Å². The topological polar surface area (TPSA) is 3.24 Å². The Morgan fingerprint density at radius 1 is 1.00 bits per heavy atom. The Labute approximate surface area is 78.8 Å². The first-order valence-corrected chi connectivity index (χ1v) is 7.77. The molecule has 1 saturated heterocycles. The molecule has 0 aromatic carbocycles. The van der Waals surface area contributed by atoms with Gasteiger partial charge in [0, 0.05) is 0 Å². The molecule has 0 atom stereocenters. The Balaban J connectivity index is 2.29. The van der Waals surface area contributed by atoms with Crippen molar-refractivity contribution in [2.75, 3.05) is 13.1 Å². The summed E-state index contributed by atoms with van der Waals surface area (Å²) in [4.78, 5) is 0. The first-order valence-electron chi connectivity index (χ1n) is 5.62. The summed E-state index contributed by atoms with van der Waals surface area (Å²) in [5, 5.41) is 0.